The number of nitrogens with zero attached hydrogens (tertiary/aromatic N) is 2. The van der Waals surface area contributed by atoms with Gasteiger partial charge >= 0.3 is 0 Å². The Labute approximate surface area is 118 Å². The van der Waals surface area contributed by atoms with Crippen LogP contribution in [0, 0.1) is 0 Å². The zero-order chi connectivity index (χ0) is 13.9. The average Bonchev–Trinajstić information content (AvgIpc) is 2.98. The zero-order valence-electron chi connectivity index (χ0n) is 11.6. The molecule has 0 atom stereocenters. The van der Waals surface area contributed by atoms with Gasteiger partial charge in [0.1, 0.15) is 5.75 Å². The maximum atomic E-state index is 5.92. The molecular weight excluding hydrogens is 254 g/mol. The number of aromatic nitrogens is 2. The quantitative estimate of drug-likeness (QED) is 0.930. The molecule has 1 aromatic carbocycles. The van der Waals surface area contributed by atoms with Crippen LogP contribution in [0.2, 0.25) is 0 Å². The van der Waals surface area contributed by atoms with E-state index >= 15 is 0 Å². The topological polar surface area (TPSA) is 74.2 Å². The highest BCUT2D eigenvalue weighted by molar-refractivity contribution is 5.53. The van der Waals surface area contributed by atoms with Gasteiger partial charge in [-0.3, -0.25) is 0 Å². The lowest BCUT2D eigenvalue weighted by atomic mass is 9.86. The third kappa shape index (κ3) is 2.67. The minimum absolute atomic E-state index is 0.329. The summed E-state index contributed by atoms with van der Waals surface area (Å²) in [7, 11) is 1.65. The number of hydrogen-bond donors (Lipinski definition) is 1. The van der Waals surface area contributed by atoms with Gasteiger partial charge in [0.2, 0.25) is 11.8 Å². The van der Waals surface area contributed by atoms with Crippen LogP contribution in [0.25, 0.3) is 11.5 Å². The second kappa shape index (κ2) is 5.63. The van der Waals surface area contributed by atoms with Crippen molar-refractivity contribution in [2.24, 2.45) is 5.73 Å². The molecule has 1 aromatic heterocycles. The molecule has 0 spiro atoms. The molecule has 5 nitrogen and oxygen atoms in total. The molecule has 0 amide bonds. The van der Waals surface area contributed by atoms with Gasteiger partial charge in [-0.2, -0.15) is 0 Å². The minimum atomic E-state index is 0.329. The van der Waals surface area contributed by atoms with Crippen molar-refractivity contribution >= 4 is 0 Å². The summed E-state index contributed by atoms with van der Waals surface area (Å²) in [5.41, 5.74) is 6.83. The predicted molar refractivity (Wildman–Crippen MR) is 75.5 cm³/mol. The van der Waals surface area contributed by atoms with Gasteiger partial charge in [-0.05, 0) is 49.9 Å². The maximum Gasteiger partial charge on any atom is 0.247 e. The second-order valence-corrected chi connectivity index (χ2v) is 5.29. The molecule has 1 fully saturated rings. The molecule has 5 heteroatoms. The van der Waals surface area contributed by atoms with Crippen LogP contribution in [0.4, 0.5) is 0 Å². The van der Waals surface area contributed by atoms with E-state index < -0.39 is 0 Å². The first-order chi connectivity index (χ1) is 9.76. The molecule has 2 N–H and O–H groups in total. The largest absolute Gasteiger partial charge is 0.497 e. The molecule has 1 heterocycles. The summed E-state index contributed by atoms with van der Waals surface area (Å²) in [5.74, 6) is 2.48. The van der Waals surface area contributed by atoms with Crippen LogP contribution in [0.15, 0.2) is 28.7 Å². The minimum Gasteiger partial charge on any atom is -0.497 e. The van der Waals surface area contributed by atoms with Gasteiger partial charge in [0.05, 0.1) is 7.11 Å². The van der Waals surface area contributed by atoms with Crippen LogP contribution in [0.3, 0.4) is 0 Å². The van der Waals surface area contributed by atoms with Crippen molar-refractivity contribution < 1.29 is 9.15 Å². The van der Waals surface area contributed by atoms with Gasteiger partial charge in [0.15, 0.2) is 0 Å². The lowest BCUT2D eigenvalue weighted by Crippen LogP contribution is -2.25. The monoisotopic (exact) mass is 273 g/mol. The fourth-order valence-electron chi connectivity index (χ4n) is 2.62. The molecule has 106 valence electrons. The van der Waals surface area contributed by atoms with Crippen molar-refractivity contribution in [3.63, 3.8) is 0 Å². The Balaban J connectivity index is 1.75. The number of hydrogen-bond acceptors (Lipinski definition) is 5. The first-order valence-electron chi connectivity index (χ1n) is 6.99. The van der Waals surface area contributed by atoms with Gasteiger partial charge in [-0.15, -0.1) is 10.2 Å². The third-order valence-corrected chi connectivity index (χ3v) is 3.90. The molecule has 1 saturated carbocycles. The van der Waals surface area contributed by atoms with E-state index in [9.17, 15) is 0 Å². The summed E-state index contributed by atoms with van der Waals surface area (Å²) < 4.78 is 11.0. The molecule has 20 heavy (non-hydrogen) atoms. The lowest BCUT2D eigenvalue weighted by molar-refractivity contribution is 0.341. The Morgan fingerprint density at radius 2 is 1.80 bits per heavy atom. The molecular formula is C15H19N3O2. The standard InChI is InChI=1S/C15H19N3O2/c1-19-13-8-4-11(5-9-13)15-18-17-14(20-15)10-2-6-12(16)7-3-10/h4-5,8-10,12H,2-3,6-7,16H2,1H3/t10-,12-. The van der Waals surface area contributed by atoms with Gasteiger partial charge in [0.25, 0.3) is 0 Å². The number of nitrogens with two attached hydrogens (primary N) is 1. The number of methoxy groups -OCH3 is 1. The summed E-state index contributed by atoms with van der Waals surface area (Å²) in [6, 6.07) is 7.95. The third-order valence-electron chi connectivity index (χ3n) is 3.90. The smallest absolute Gasteiger partial charge is 0.247 e. The van der Waals surface area contributed by atoms with Crippen molar-refractivity contribution in [1.82, 2.24) is 10.2 Å². The Morgan fingerprint density at radius 3 is 2.45 bits per heavy atom. The Bertz CT molecular complexity index is 557. The highest BCUT2D eigenvalue weighted by Gasteiger charge is 2.24. The molecule has 0 saturated heterocycles. The Kier molecular flexibility index (Phi) is 3.69. The van der Waals surface area contributed by atoms with Crippen LogP contribution in [-0.4, -0.2) is 23.3 Å². The van der Waals surface area contributed by atoms with Crippen molar-refractivity contribution in [3.8, 4) is 17.2 Å². The summed E-state index contributed by atoms with van der Waals surface area (Å²) in [6.45, 7) is 0. The lowest BCUT2D eigenvalue weighted by Gasteiger charge is -2.23. The van der Waals surface area contributed by atoms with E-state index in [0.29, 0.717) is 17.9 Å². The van der Waals surface area contributed by atoms with Crippen LogP contribution in [-0.2, 0) is 0 Å². The van der Waals surface area contributed by atoms with Crippen molar-refractivity contribution in [1.29, 1.82) is 0 Å². The maximum absolute atomic E-state index is 5.92. The van der Waals surface area contributed by atoms with Crippen molar-refractivity contribution in [3.05, 3.63) is 30.2 Å². The van der Waals surface area contributed by atoms with Crippen molar-refractivity contribution in [2.45, 2.75) is 37.6 Å². The molecule has 0 bridgehead atoms. The van der Waals surface area contributed by atoms with E-state index in [-0.39, 0.29) is 0 Å². The summed E-state index contributed by atoms with van der Waals surface area (Å²) in [6.07, 6.45) is 4.13. The Hall–Kier alpha value is -1.88. The summed E-state index contributed by atoms with van der Waals surface area (Å²) >= 11 is 0. The highest BCUT2D eigenvalue weighted by Crippen LogP contribution is 2.32. The fourth-order valence-corrected chi connectivity index (χ4v) is 2.62. The van der Waals surface area contributed by atoms with E-state index in [1.165, 1.54) is 0 Å². The van der Waals surface area contributed by atoms with Gasteiger partial charge in [-0.25, -0.2) is 0 Å². The Morgan fingerprint density at radius 1 is 1.10 bits per heavy atom. The van der Waals surface area contributed by atoms with E-state index in [1.807, 2.05) is 24.3 Å². The van der Waals surface area contributed by atoms with Gasteiger partial charge < -0.3 is 14.9 Å². The molecule has 1 aliphatic carbocycles. The summed E-state index contributed by atoms with van der Waals surface area (Å²) in [4.78, 5) is 0. The number of ether oxygens (including phenoxy) is 1. The SMILES string of the molecule is COc1ccc(-c2nnc([C@H]3CC[C@H](N)CC3)o2)cc1. The van der Waals surface area contributed by atoms with Gasteiger partial charge in [-0.1, -0.05) is 0 Å². The van der Waals surface area contributed by atoms with Crippen LogP contribution in [0.5, 0.6) is 5.75 Å². The molecule has 0 unspecified atom stereocenters. The van der Waals surface area contributed by atoms with Crippen molar-refractivity contribution in [2.75, 3.05) is 7.11 Å². The fraction of sp³-hybridized carbons (Fsp3) is 0.467. The second-order valence-electron chi connectivity index (χ2n) is 5.29. The van der Waals surface area contributed by atoms with Crippen LogP contribution < -0.4 is 10.5 Å². The molecule has 0 radical (unpaired) electrons. The van der Waals surface area contributed by atoms with E-state index in [1.54, 1.807) is 7.11 Å². The van der Waals surface area contributed by atoms with Crippen LogP contribution in [0.1, 0.15) is 37.5 Å². The normalized spacial score (nSPS) is 22.7. The highest BCUT2D eigenvalue weighted by atomic mass is 16.5. The number of benzene rings is 1. The van der Waals surface area contributed by atoms with E-state index in [4.69, 9.17) is 14.9 Å². The molecule has 1 aliphatic rings. The molecule has 2 aromatic rings. The predicted octanol–water partition coefficient (Wildman–Crippen LogP) is 2.73. The van der Waals surface area contributed by atoms with Gasteiger partial charge in [0, 0.05) is 17.5 Å². The first kappa shape index (κ1) is 13.1. The zero-order valence-corrected chi connectivity index (χ0v) is 11.6. The molecule has 3 rings (SSSR count). The number of rotatable bonds is 3. The van der Waals surface area contributed by atoms with Crippen LogP contribution >= 0.6 is 0 Å². The average molecular weight is 273 g/mol. The first-order valence-corrected chi connectivity index (χ1v) is 6.99. The van der Waals surface area contributed by atoms with E-state index in [2.05, 4.69) is 10.2 Å². The van der Waals surface area contributed by atoms with E-state index in [0.717, 1.165) is 42.9 Å². The molecule has 0 aliphatic heterocycles. The summed E-state index contributed by atoms with van der Waals surface area (Å²) in [5, 5.41) is 8.34.